The van der Waals surface area contributed by atoms with Gasteiger partial charge in [0.15, 0.2) is 0 Å². The van der Waals surface area contributed by atoms with Crippen molar-refractivity contribution in [3.63, 3.8) is 0 Å². The third kappa shape index (κ3) is 3.39. The predicted molar refractivity (Wildman–Crippen MR) is 82.1 cm³/mol. The van der Waals surface area contributed by atoms with Gasteiger partial charge in [-0.3, -0.25) is 0 Å². The van der Waals surface area contributed by atoms with Crippen molar-refractivity contribution in [3.8, 4) is 0 Å². The maximum atomic E-state index is 13.8. The number of halogens is 3. The molecule has 2 aromatic carbocycles. The van der Waals surface area contributed by atoms with Crippen LogP contribution in [-0.2, 0) is 6.54 Å². The second-order valence-electron chi connectivity index (χ2n) is 4.29. The molecule has 0 aliphatic heterocycles. The zero-order valence-electron chi connectivity index (χ0n) is 10.3. The van der Waals surface area contributed by atoms with Gasteiger partial charge >= 0.3 is 0 Å². The molecule has 0 bridgehead atoms. The van der Waals surface area contributed by atoms with Gasteiger partial charge in [-0.1, -0.05) is 33.6 Å². The van der Waals surface area contributed by atoms with Crippen molar-refractivity contribution in [3.05, 3.63) is 57.3 Å². The van der Waals surface area contributed by atoms with E-state index >= 15 is 0 Å². The molecule has 0 heterocycles. The van der Waals surface area contributed by atoms with Crippen LogP contribution in [0.5, 0.6) is 0 Å². The fourth-order valence-corrected chi connectivity index (χ4v) is 2.34. The molecule has 0 spiro atoms. The Bertz CT molecular complexity index is 604. The maximum absolute atomic E-state index is 13.8. The van der Waals surface area contributed by atoms with Crippen LogP contribution >= 0.6 is 27.5 Å². The smallest absolute Gasteiger partial charge is 0.129 e. The molecular weight excluding hydrogens is 331 g/mol. The van der Waals surface area contributed by atoms with E-state index < -0.39 is 0 Å². The van der Waals surface area contributed by atoms with Gasteiger partial charge in [-0.2, -0.15) is 0 Å². The van der Waals surface area contributed by atoms with Gasteiger partial charge in [0.05, 0.1) is 11.4 Å². The number of nitrogens with zero attached hydrogens (tertiary/aromatic N) is 1. The normalized spacial score (nSPS) is 10.5. The average molecular weight is 344 g/mol. The van der Waals surface area contributed by atoms with Crippen LogP contribution < -0.4 is 10.6 Å². The maximum Gasteiger partial charge on any atom is 0.129 e. The fourth-order valence-electron chi connectivity index (χ4n) is 1.84. The summed E-state index contributed by atoms with van der Waals surface area (Å²) in [7, 11) is 1.85. The van der Waals surface area contributed by atoms with Gasteiger partial charge in [0.1, 0.15) is 5.82 Å². The van der Waals surface area contributed by atoms with Crippen molar-refractivity contribution < 1.29 is 4.39 Å². The van der Waals surface area contributed by atoms with Crippen LogP contribution in [0.4, 0.5) is 15.8 Å². The van der Waals surface area contributed by atoms with Crippen LogP contribution in [0.25, 0.3) is 0 Å². The summed E-state index contributed by atoms with van der Waals surface area (Å²) in [5.41, 5.74) is 7.91. The molecule has 0 unspecified atom stereocenters. The predicted octanol–water partition coefficient (Wildman–Crippen LogP) is 4.46. The van der Waals surface area contributed by atoms with E-state index in [1.807, 2.05) is 18.0 Å². The lowest BCUT2D eigenvalue weighted by Gasteiger charge is -2.21. The third-order valence-electron chi connectivity index (χ3n) is 2.83. The summed E-state index contributed by atoms with van der Waals surface area (Å²) in [5.74, 6) is -0.248. The zero-order valence-corrected chi connectivity index (χ0v) is 12.7. The second-order valence-corrected chi connectivity index (χ2v) is 5.65. The minimum Gasteiger partial charge on any atom is -0.397 e. The molecule has 0 saturated carbocycles. The topological polar surface area (TPSA) is 29.3 Å². The number of benzene rings is 2. The molecule has 0 radical (unpaired) electrons. The third-order valence-corrected chi connectivity index (χ3v) is 3.55. The molecule has 0 aliphatic carbocycles. The molecule has 2 aromatic rings. The lowest BCUT2D eigenvalue weighted by atomic mass is 10.2. The number of nitrogens with two attached hydrogens (primary N) is 1. The molecule has 0 amide bonds. The quantitative estimate of drug-likeness (QED) is 0.834. The summed E-state index contributed by atoms with van der Waals surface area (Å²) < 4.78 is 14.5. The van der Waals surface area contributed by atoms with Gasteiger partial charge < -0.3 is 10.6 Å². The average Bonchev–Trinajstić information content (AvgIpc) is 2.35. The Balaban J connectivity index is 2.25. The first kappa shape index (κ1) is 14.2. The first-order valence-corrected chi connectivity index (χ1v) is 6.84. The largest absolute Gasteiger partial charge is 0.397 e. The Kier molecular flexibility index (Phi) is 4.32. The number of hydrogen-bond donors (Lipinski definition) is 1. The Morgan fingerprint density at radius 1 is 1.26 bits per heavy atom. The van der Waals surface area contributed by atoms with E-state index in [1.165, 1.54) is 6.07 Å². The van der Waals surface area contributed by atoms with Crippen molar-refractivity contribution in [2.24, 2.45) is 0 Å². The van der Waals surface area contributed by atoms with E-state index in [0.29, 0.717) is 22.8 Å². The number of nitrogen functional groups attached to an aromatic ring is 1. The van der Waals surface area contributed by atoms with Crippen LogP contribution in [0, 0.1) is 5.82 Å². The number of rotatable bonds is 3. The van der Waals surface area contributed by atoms with Crippen LogP contribution in [-0.4, -0.2) is 7.05 Å². The monoisotopic (exact) mass is 342 g/mol. The Morgan fingerprint density at radius 2 is 2.00 bits per heavy atom. The van der Waals surface area contributed by atoms with Crippen molar-refractivity contribution >= 4 is 38.9 Å². The Labute approximate surface area is 125 Å². The van der Waals surface area contributed by atoms with Crippen LogP contribution in [0.2, 0.25) is 5.02 Å². The van der Waals surface area contributed by atoms with E-state index in [1.54, 1.807) is 24.3 Å². The highest BCUT2D eigenvalue weighted by Crippen LogP contribution is 2.27. The van der Waals surface area contributed by atoms with Gasteiger partial charge in [-0.05, 0) is 30.3 Å². The number of hydrogen-bond acceptors (Lipinski definition) is 2. The molecule has 19 heavy (non-hydrogen) atoms. The van der Waals surface area contributed by atoms with Crippen molar-refractivity contribution in [2.45, 2.75) is 6.54 Å². The van der Waals surface area contributed by atoms with Crippen molar-refractivity contribution in [1.29, 1.82) is 0 Å². The SMILES string of the molecule is CN(Cc1ccc(Br)cc1F)c1cc(Cl)ccc1N. The van der Waals surface area contributed by atoms with E-state index in [4.69, 9.17) is 17.3 Å². The molecule has 0 fully saturated rings. The first-order valence-electron chi connectivity index (χ1n) is 5.67. The molecule has 0 aliphatic rings. The molecule has 0 atom stereocenters. The van der Waals surface area contributed by atoms with Crippen molar-refractivity contribution in [1.82, 2.24) is 0 Å². The lowest BCUT2D eigenvalue weighted by Crippen LogP contribution is -2.18. The van der Waals surface area contributed by atoms with Crippen LogP contribution in [0.1, 0.15) is 5.56 Å². The molecule has 2 rings (SSSR count). The van der Waals surface area contributed by atoms with Gasteiger partial charge in [-0.15, -0.1) is 0 Å². The van der Waals surface area contributed by atoms with Gasteiger partial charge in [0.25, 0.3) is 0 Å². The molecule has 2 nitrogen and oxygen atoms in total. The lowest BCUT2D eigenvalue weighted by molar-refractivity contribution is 0.607. The fraction of sp³-hybridized carbons (Fsp3) is 0.143. The Morgan fingerprint density at radius 3 is 2.68 bits per heavy atom. The molecule has 5 heteroatoms. The highest BCUT2D eigenvalue weighted by atomic mass is 79.9. The molecule has 100 valence electrons. The summed E-state index contributed by atoms with van der Waals surface area (Å²) >= 11 is 9.19. The van der Waals surface area contributed by atoms with E-state index in [2.05, 4.69) is 15.9 Å². The van der Waals surface area contributed by atoms with Gasteiger partial charge in [0.2, 0.25) is 0 Å². The highest BCUT2D eigenvalue weighted by Gasteiger charge is 2.10. The molecule has 0 aromatic heterocycles. The summed E-state index contributed by atoms with van der Waals surface area (Å²) in [5, 5.41) is 0.604. The standard InChI is InChI=1S/C14H13BrClFN2/c1-19(14-7-11(16)4-5-13(14)18)8-9-2-3-10(15)6-12(9)17/h2-7H,8,18H2,1H3. The zero-order chi connectivity index (χ0) is 14.0. The minimum atomic E-state index is -0.248. The van der Waals surface area contributed by atoms with Gasteiger partial charge in [-0.25, -0.2) is 4.39 Å². The molecular formula is C14H13BrClFN2. The van der Waals surface area contributed by atoms with Crippen molar-refractivity contribution in [2.75, 3.05) is 17.7 Å². The van der Waals surface area contributed by atoms with Crippen LogP contribution in [0.3, 0.4) is 0 Å². The second kappa shape index (κ2) is 5.80. The Hall–Kier alpha value is -1.26. The molecule has 0 saturated heterocycles. The molecule has 2 N–H and O–H groups in total. The summed E-state index contributed by atoms with van der Waals surface area (Å²) in [4.78, 5) is 1.87. The van der Waals surface area contributed by atoms with Crippen LogP contribution in [0.15, 0.2) is 40.9 Å². The summed E-state index contributed by atoms with van der Waals surface area (Å²) in [6.45, 7) is 0.420. The van der Waals surface area contributed by atoms with Gasteiger partial charge in [0, 0.05) is 28.7 Å². The highest BCUT2D eigenvalue weighted by molar-refractivity contribution is 9.10. The van der Waals surface area contributed by atoms with E-state index in [9.17, 15) is 4.39 Å². The first-order chi connectivity index (χ1) is 8.97. The number of anilines is 2. The summed E-state index contributed by atoms with van der Waals surface area (Å²) in [6, 6.07) is 10.3. The minimum absolute atomic E-state index is 0.248. The summed E-state index contributed by atoms with van der Waals surface area (Å²) in [6.07, 6.45) is 0. The van der Waals surface area contributed by atoms with E-state index in [-0.39, 0.29) is 5.82 Å². The van der Waals surface area contributed by atoms with E-state index in [0.717, 1.165) is 10.2 Å².